The number of nitrogens with one attached hydrogen (secondary N) is 1. The third-order valence-corrected chi connectivity index (χ3v) is 5.70. The van der Waals surface area contributed by atoms with Gasteiger partial charge in [0.05, 0.1) is 12.2 Å². The summed E-state index contributed by atoms with van der Waals surface area (Å²) in [5.41, 5.74) is 2.72. The van der Waals surface area contributed by atoms with Gasteiger partial charge in [0, 0.05) is 31.2 Å². The second kappa shape index (κ2) is 6.94. The van der Waals surface area contributed by atoms with E-state index in [-0.39, 0.29) is 11.3 Å². The lowest BCUT2D eigenvalue weighted by atomic mass is 9.69. The first-order valence-electron chi connectivity index (χ1n) is 9.28. The van der Waals surface area contributed by atoms with Crippen LogP contribution in [0.5, 0.6) is 5.75 Å². The molecule has 0 bridgehead atoms. The average Bonchev–Trinajstić information content (AvgIpc) is 3.17. The molecule has 2 aromatic carbocycles. The second-order valence-electron chi connectivity index (χ2n) is 7.26. The van der Waals surface area contributed by atoms with Crippen molar-refractivity contribution in [2.45, 2.75) is 37.5 Å². The number of benzene rings is 2. The van der Waals surface area contributed by atoms with Gasteiger partial charge in [-0.1, -0.05) is 42.5 Å². The largest absolute Gasteiger partial charge is 0.492 e. The molecule has 0 unspecified atom stereocenters. The van der Waals surface area contributed by atoms with Crippen LogP contribution in [-0.2, 0) is 16.6 Å². The standard InChI is InChI=1S/C22H23NO3/c24-18-9-12-22(13-10-18,17-6-2-1-3-7-17)15-23-21(25)19-8-4-5-16-11-14-26-20(16)19/h1-8H,9-15H2,(H,23,25). The van der Waals surface area contributed by atoms with Crippen molar-refractivity contribution >= 4 is 11.7 Å². The summed E-state index contributed by atoms with van der Waals surface area (Å²) in [5, 5.41) is 3.12. The Bertz CT molecular complexity index is 819. The van der Waals surface area contributed by atoms with Crippen LogP contribution in [-0.4, -0.2) is 24.8 Å². The smallest absolute Gasteiger partial charge is 0.255 e. The predicted octanol–water partition coefficient (Wildman–Crippen LogP) is 3.43. The summed E-state index contributed by atoms with van der Waals surface area (Å²) in [7, 11) is 0. The maximum Gasteiger partial charge on any atom is 0.255 e. The van der Waals surface area contributed by atoms with Crippen molar-refractivity contribution in [1.82, 2.24) is 5.32 Å². The number of para-hydroxylation sites is 1. The molecule has 4 nitrogen and oxygen atoms in total. The van der Waals surface area contributed by atoms with Gasteiger partial charge in [-0.25, -0.2) is 0 Å². The first kappa shape index (κ1) is 16.8. The zero-order valence-electron chi connectivity index (χ0n) is 14.8. The minimum atomic E-state index is -0.177. The molecule has 1 amide bonds. The van der Waals surface area contributed by atoms with Crippen molar-refractivity contribution in [1.29, 1.82) is 0 Å². The zero-order valence-corrected chi connectivity index (χ0v) is 14.8. The molecule has 1 aliphatic carbocycles. The summed E-state index contributed by atoms with van der Waals surface area (Å²) < 4.78 is 5.66. The number of carbonyl (C=O) groups is 2. The van der Waals surface area contributed by atoms with Gasteiger partial charge in [0.15, 0.2) is 0 Å². The van der Waals surface area contributed by atoms with E-state index >= 15 is 0 Å². The number of ketones is 1. The first-order chi connectivity index (χ1) is 12.7. The van der Waals surface area contributed by atoms with Gasteiger partial charge < -0.3 is 10.1 Å². The molecule has 0 atom stereocenters. The predicted molar refractivity (Wildman–Crippen MR) is 99.6 cm³/mol. The summed E-state index contributed by atoms with van der Waals surface area (Å²) in [4.78, 5) is 24.6. The Balaban J connectivity index is 1.55. The van der Waals surface area contributed by atoms with Gasteiger partial charge in [-0.05, 0) is 30.0 Å². The monoisotopic (exact) mass is 349 g/mol. The number of hydrogen-bond donors (Lipinski definition) is 1. The molecule has 1 heterocycles. The van der Waals surface area contributed by atoms with Crippen molar-refractivity contribution in [3.8, 4) is 5.75 Å². The fourth-order valence-electron chi connectivity index (χ4n) is 4.11. The van der Waals surface area contributed by atoms with E-state index in [9.17, 15) is 9.59 Å². The summed E-state index contributed by atoms with van der Waals surface area (Å²) in [6, 6.07) is 16.0. The van der Waals surface area contributed by atoms with E-state index < -0.39 is 0 Å². The van der Waals surface area contributed by atoms with Crippen LogP contribution in [0.4, 0.5) is 0 Å². The Morgan fingerprint density at radius 1 is 1.00 bits per heavy atom. The quantitative estimate of drug-likeness (QED) is 0.920. The normalized spacial score (nSPS) is 18.1. The Kier molecular flexibility index (Phi) is 4.49. The lowest BCUT2D eigenvalue weighted by Crippen LogP contribution is -2.43. The molecule has 1 N–H and O–H groups in total. The van der Waals surface area contributed by atoms with E-state index in [1.165, 1.54) is 5.56 Å². The molecule has 26 heavy (non-hydrogen) atoms. The van der Waals surface area contributed by atoms with Crippen LogP contribution in [0.15, 0.2) is 48.5 Å². The van der Waals surface area contributed by atoms with Gasteiger partial charge in [-0.15, -0.1) is 0 Å². The molecular formula is C22H23NO3. The van der Waals surface area contributed by atoms with Crippen molar-refractivity contribution in [2.75, 3.05) is 13.2 Å². The lowest BCUT2D eigenvalue weighted by Gasteiger charge is -2.37. The molecule has 1 saturated carbocycles. The summed E-state index contributed by atoms with van der Waals surface area (Å²) in [6.45, 7) is 1.17. The van der Waals surface area contributed by atoms with Gasteiger partial charge >= 0.3 is 0 Å². The highest BCUT2D eigenvalue weighted by Crippen LogP contribution is 2.38. The Hall–Kier alpha value is -2.62. The van der Waals surface area contributed by atoms with E-state index in [0.29, 0.717) is 37.3 Å². The molecule has 2 aromatic rings. The van der Waals surface area contributed by atoms with Crippen LogP contribution in [0.3, 0.4) is 0 Å². The molecule has 0 radical (unpaired) electrons. The van der Waals surface area contributed by atoms with Gasteiger partial charge in [-0.3, -0.25) is 9.59 Å². The van der Waals surface area contributed by atoms with Crippen molar-refractivity contribution in [3.05, 3.63) is 65.2 Å². The number of amides is 1. The first-order valence-corrected chi connectivity index (χ1v) is 9.28. The number of rotatable bonds is 4. The van der Waals surface area contributed by atoms with Gasteiger partial charge in [-0.2, -0.15) is 0 Å². The zero-order chi connectivity index (χ0) is 18.0. The van der Waals surface area contributed by atoms with Gasteiger partial charge in [0.2, 0.25) is 0 Å². The number of ether oxygens (including phenoxy) is 1. The highest BCUT2D eigenvalue weighted by atomic mass is 16.5. The molecular weight excluding hydrogens is 326 g/mol. The lowest BCUT2D eigenvalue weighted by molar-refractivity contribution is -0.121. The van der Waals surface area contributed by atoms with E-state index in [2.05, 4.69) is 17.4 Å². The molecule has 134 valence electrons. The third kappa shape index (κ3) is 3.12. The SMILES string of the molecule is O=C1CCC(CNC(=O)c2cccc3c2OCC3)(c2ccccc2)CC1. The van der Waals surface area contributed by atoms with Crippen LogP contribution in [0, 0.1) is 0 Å². The molecule has 0 aromatic heterocycles. The molecule has 0 saturated heterocycles. The second-order valence-corrected chi connectivity index (χ2v) is 7.26. The van der Waals surface area contributed by atoms with E-state index in [4.69, 9.17) is 4.74 Å². The topological polar surface area (TPSA) is 55.4 Å². The molecule has 1 aliphatic heterocycles. The third-order valence-electron chi connectivity index (χ3n) is 5.70. The number of Topliss-reactive ketones (excluding diaryl/α,β-unsaturated/α-hetero) is 1. The van der Waals surface area contributed by atoms with E-state index in [0.717, 1.165) is 30.6 Å². The number of fused-ring (bicyclic) bond motifs is 1. The fourth-order valence-corrected chi connectivity index (χ4v) is 4.11. The molecule has 4 rings (SSSR count). The fraction of sp³-hybridized carbons (Fsp3) is 0.364. The van der Waals surface area contributed by atoms with Crippen LogP contribution < -0.4 is 10.1 Å². The Morgan fingerprint density at radius 3 is 2.54 bits per heavy atom. The Morgan fingerprint density at radius 2 is 1.77 bits per heavy atom. The number of carbonyl (C=O) groups excluding carboxylic acids is 2. The highest BCUT2D eigenvalue weighted by Gasteiger charge is 2.37. The maximum atomic E-state index is 12.8. The van der Waals surface area contributed by atoms with Crippen LogP contribution in [0.25, 0.3) is 0 Å². The van der Waals surface area contributed by atoms with Crippen molar-refractivity contribution in [3.63, 3.8) is 0 Å². The van der Waals surface area contributed by atoms with E-state index in [1.807, 2.05) is 36.4 Å². The van der Waals surface area contributed by atoms with Gasteiger partial charge in [0.25, 0.3) is 5.91 Å². The van der Waals surface area contributed by atoms with Crippen LogP contribution in [0.1, 0.15) is 47.2 Å². The minimum absolute atomic E-state index is 0.101. The molecule has 4 heteroatoms. The summed E-state index contributed by atoms with van der Waals surface area (Å²) >= 11 is 0. The maximum absolute atomic E-state index is 12.8. The van der Waals surface area contributed by atoms with Crippen molar-refractivity contribution in [2.24, 2.45) is 0 Å². The minimum Gasteiger partial charge on any atom is -0.492 e. The van der Waals surface area contributed by atoms with Gasteiger partial charge in [0.1, 0.15) is 11.5 Å². The average molecular weight is 349 g/mol. The molecule has 0 spiro atoms. The number of hydrogen-bond acceptors (Lipinski definition) is 3. The Labute approximate surface area is 153 Å². The molecule has 1 fully saturated rings. The van der Waals surface area contributed by atoms with Crippen LogP contribution in [0.2, 0.25) is 0 Å². The highest BCUT2D eigenvalue weighted by molar-refractivity contribution is 5.97. The van der Waals surface area contributed by atoms with Crippen molar-refractivity contribution < 1.29 is 14.3 Å². The van der Waals surface area contributed by atoms with E-state index in [1.54, 1.807) is 0 Å². The molecule has 2 aliphatic rings. The summed E-state index contributed by atoms with van der Waals surface area (Å²) in [6.07, 6.45) is 3.56. The van der Waals surface area contributed by atoms with Crippen LogP contribution >= 0.6 is 0 Å². The summed E-state index contributed by atoms with van der Waals surface area (Å²) in [5.74, 6) is 0.936.